The van der Waals surface area contributed by atoms with Crippen molar-refractivity contribution in [1.29, 1.82) is 0 Å². The number of nitrogens with zero attached hydrogens (tertiary/aromatic N) is 2. The SMILES string of the molecule is COc1ccc(CN2CCN(CC(O)(c3ccccc3)c3ccccc3)CC2)c(OC)c1OC. The lowest BCUT2D eigenvalue weighted by molar-refractivity contribution is 0.0156. The first-order valence-corrected chi connectivity index (χ1v) is 11.6. The van der Waals surface area contributed by atoms with Crippen LogP contribution in [-0.2, 0) is 12.1 Å². The van der Waals surface area contributed by atoms with Crippen LogP contribution in [-0.4, -0.2) is 69.0 Å². The molecule has 0 aromatic heterocycles. The van der Waals surface area contributed by atoms with Gasteiger partial charge in [0.05, 0.1) is 21.3 Å². The van der Waals surface area contributed by atoms with E-state index in [9.17, 15) is 5.11 Å². The van der Waals surface area contributed by atoms with E-state index in [0.29, 0.717) is 23.8 Å². The average molecular weight is 463 g/mol. The van der Waals surface area contributed by atoms with Crippen LogP contribution in [0.3, 0.4) is 0 Å². The highest BCUT2D eigenvalue weighted by Crippen LogP contribution is 2.40. The number of β-amino-alcohol motifs (C(OH)–C–C–N with tert-alkyl or cyclic N) is 1. The van der Waals surface area contributed by atoms with Crippen LogP contribution in [0.25, 0.3) is 0 Å². The molecule has 34 heavy (non-hydrogen) atoms. The van der Waals surface area contributed by atoms with Crippen LogP contribution in [0, 0.1) is 0 Å². The molecule has 180 valence electrons. The van der Waals surface area contributed by atoms with Crippen LogP contribution in [0.2, 0.25) is 0 Å². The Kier molecular flexibility index (Phi) is 7.73. The number of hydrogen-bond donors (Lipinski definition) is 1. The number of piperazine rings is 1. The predicted octanol–water partition coefficient (Wildman–Crippen LogP) is 3.77. The molecule has 0 radical (unpaired) electrons. The topological polar surface area (TPSA) is 54.4 Å². The molecule has 0 atom stereocenters. The highest BCUT2D eigenvalue weighted by molar-refractivity contribution is 5.55. The van der Waals surface area contributed by atoms with Gasteiger partial charge in [-0.2, -0.15) is 0 Å². The van der Waals surface area contributed by atoms with Crippen molar-refractivity contribution >= 4 is 0 Å². The summed E-state index contributed by atoms with van der Waals surface area (Å²) in [7, 11) is 4.92. The number of benzene rings is 3. The molecule has 1 aliphatic rings. The maximum atomic E-state index is 11.9. The molecule has 1 fully saturated rings. The maximum absolute atomic E-state index is 11.9. The van der Waals surface area contributed by atoms with Gasteiger partial charge in [-0.25, -0.2) is 0 Å². The fraction of sp³-hybridized carbons (Fsp3) is 0.357. The summed E-state index contributed by atoms with van der Waals surface area (Å²) in [5, 5.41) is 11.9. The Morgan fingerprint density at radius 2 is 1.21 bits per heavy atom. The number of methoxy groups -OCH3 is 3. The van der Waals surface area contributed by atoms with Crippen molar-refractivity contribution in [2.45, 2.75) is 12.1 Å². The Labute approximate surface area is 202 Å². The fourth-order valence-electron chi connectivity index (χ4n) is 4.73. The zero-order valence-corrected chi connectivity index (χ0v) is 20.2. The van der Waals surface area contributed by atoms with E-state index in [4.69, 9.17) is 14.2 Å². The van der Waals surface area contributed by atoms with E-state index in [1.54, 1.807) is 21.3 Å². The zero-order valence-electron chi connectivity index (χ0n) is 20.2. The molecule has 3 aromatic carbocycles. The molecule has 0 unspecified atom stereocenters. The highest BCUT2D eigenvalue weighted by Gasteiger charge is 2.34. The average Bonchev–Trinajstić information content (AvgIpc) is 2.90. The van der Waals surface area contributed by atoms with Crippen LogP contribution < -0.4 is 14.2 Å². The van der Waals surface area contributed by atoms with Gasteiger partial charge < -0.3 is 19.3 Å². The van der Waals surface area contributed by atoms with Crippen molar-refractivity contribution in [3.05, 3.63) is 89.5 Å². The first-order valence-electron chi connectivity index (χ1n) is 11.6. The highest BCUT2D eigenvalue weighted by atomic mass is 16.5. The minimum atomic E-state index is -1.06. The van der Waals surface area contributed by atoms with Crippen LogP contribution in [0.15, 0.2) is 72.8 Å². The van der Waals surface area contributed by atoms with E-state index in [0.717, 1.165) is 49.4 Å². The molecule has 0 spiro atoms. The maximum Gasteiger partial charge on any atom is 0.203 e. The standard InChI is InChI=1S/C28H34N2O4/c1-32-25-15-14-22(26(33-2)27(25)34-3)20-29-16-18-30(19-17-29)21-28(31,23-10-6-4-7-11-23)24-12-8-5-9-13-24/h4-15,31H,16-21H2,1-3H3. The summed E-state index contributed by atoms with van der Waals surface area (Å²) in [5.74, 6) is 2.00. The summed E-state index contributed by atoms with van der Waals surface area (Å²) in [6.45, 7) is 4.86. The summed E-state index contributed by atoms with van der Waals surface area (Å²) in [6.07, 6.45) is 0. The number of aliphatic hydroxyl groups is 1. The third-order valence-corrected chi connectivity index (χ3v) is 6.60. The molecular weight excluding hydrogens is 428 g/mol. The number of ether oxygens (including phenoxy) is 3. The Morgan fingerprint density at radius 1 is 0.676 bits per heavy atom. The van der Waals surface area contributed by atoms with Gasteiger partial charge in [0.25, 0.3) is 0 Å². The Hall–Kier alpha value is -3.06. The molecule has 1 aliphatic heterocycles. The van der Waals surface area contributed by atoms with E-state index in [-0.39, 0.29) is 0 Å². The second-order valence-electron chi connectivity index (χ2n) is 8.64. The molecule has 4 rings (SSSR count). The monoisotopic (exact) mass is 462 g/mol. The molecular formula is C28H34N2O4. The summed E-state index contributed by atoms with van der Waals surface area (Å²) in [5.41, 5.74) is 1.84. The molecule has 1 N–H and O–H groups in total. The Balaban J connectivity index is 1.46. The van der Waals surface area contributed by atoms with Crippen molar-refractivity contribution < 1.29 is 19.3 Å². The van der Waals surface area contributed by atoms with Crippen LogP contribution in [0.5, 0.6) is 17.2 Å². The number of rotatable bonds is 9. The van der Waals surface area contributed by atoms with E-state index >= 15 is 0 Å². The molecule has 6 nitrogen and oxygen atoms in total. The molecule has 1 heterocycles. The first kappa shape index (κ1) is 24.1. The van der Waals surface area contributed by atoms with Gasteiger partial charge in [0, 0.05) is 44.8 Å². The minimum absolute atomic E-state index is 0.550. The lowest BCUT2D eigenvalue weighted by Gasteiger charge is -2.40. The van der Waals surface area contributed by atoms with Gasteiger partial charge in [-0.1, -0.05) is 66.7 Å². The Morgan fingerprint density at radius 3 is 1.71 bits per heavy atom. The van der Waals surface area contributed by atoms with Crippen molar-refractivity contribution in [3.63, 3.8) is 0 Å². The molecule has 1 saturated heterocycles. The summed E-state index contributed by atoms with van der Waals surface area (Å²) in [4.78, 5) is 4.76. The van der Waals surface area contributed by atoms with Crippen molar-refractivity contribution in [2.24, 2.45) is 0 Å². The second kappa shape index (κ2) is 10.9. The van der Waals surface area contributed by atoms with Gasteiger partial charge in [0.2, 0.25) is 5.75 Å². The van der Waals surface area contributed by atoms with Gasteiger partial charge in [-0.05, 0) is 17.2 Å². The van der Waals surface area contributed by atoms with E-state index in [1.807, 2.05) is 72.8 Å². The summed E-state index contributed by atoms with van der Waals surface area (Å²) in [6, 6.07) is 23.9. The van der Waals surface area contributed by atoms with Gasteiger partial charge in [0.15, 0.2) is 11.5 Å². The van der Waals surface area contributed by atoms with E-state index < -0.39 is 5.60 Å². The summed E-state index contributed by atoms with van der Waals surface area (Å²) < 4.78 is 16.6. The molecule has 6 heteroatoms. The van der Waals surface area contributed by atoms with Gasteiger partial charge in [0.1, 0.15) is 5.60 Å². The molecule has 0 saturated carbocycles. The quantitative estimate of drug-likeness (QED) is 0.523. The van der Waals surface area contributed by atoms with Gasteiger partial charge in [-0.3, -0.25) is 9.80 Å². The van der Waals surface area contributed by atoms with Gasteiger partial charge >= 0.3 is 0 Å². The third kappa shape index (κ3) is 5.04. The van der Waals surface area contributed by atoms with Crippen LogP contribution in [0.4, 0.5) is 0 Å². The van der Waals surface area contributed by atoms with Crippen molar-refractivity contribution in [3.8, 4) is 17.2 Å². The van der Waals surface area contributed by atoms with Crippen LogP contribution in [0.1, 0.15) is 16.7 Å². The lowest BCUT2D eigenvalue weighted by Crippen LogP contribution is -2.51. The summed E-state index contributed by atoms with van der Waals surface area (Å²) >= 11 is 0. The molecule has 0 aliphatic carbocycles. The fourth-order valence-corrected chi connectivity index (χ4v) is 4.73. The van der Waals surface area contributed by atoms with E-state index in [2.05, 4.69) is 9.80 Å². The normalized spacial score (nSPS) is 15.2. The third-order valence-electron chi connectivity index (χ3n) is 6.60. The minimum Gasteiger partial charge on any atom is -0.493 e. The predicted molar refractivity (Wildman–Crippen MR) is 134 cm³/mol. The Bertz CT molecular complexity index is 1010. The van der Waals surface area contributed by atoms with Gasteiger partial charge in [-0.15, -0.1) is 0 Å². The first-order chi connectivity index (χ1) is 16.6. The smallest absolute Gasteiger partial charge is 0.203 e. The molecule has 0 amide bonds. The zero-order chi connectivity index (χ0) is 24.0. The second-order valence-corrected chi connectivity index (χ2v) is 8.64. The molecule has 0 bridgehead atoms. The van der Waals surface area contributed by atoms with E-state index in [1.165, 1.54) is 0 Å². The molecule has 3 aromatic rings. The number of hydrogen-bond acceptors (Lipinski definition) is 6. The van der Waals surface area contributed by atoms with Crippen molar-refractivity contribution in [2.75, 3.05) is 54.1 Å². The van der Waals surface area contributed by atoms with Crippen molar-refractivity contribution in [1.82, 2.24) is 9.80 Å². The van der Waals surface area contributed by atoms with Crippen LogP contribution >= 0.6 is 0 Å². The largest absolute Gasteiger partial charge is 0.493 e. The lowest BCUT2D eigenvalue weighted by atomic mass is 9.85.